The lowest BCUT2D eigenvalue weighted by Crippen LogP contribution is -2.34. The lowest BCUT2D eigenvalue weighted by molar-refractivity contribution is 0.250. The minimum absolute atomic E-state index is 0.705. The second kappa shape index (κ2) is 5.23. The third kappa shape index (κ3) is 2.69. The topological polar surface area (TPSA) is 18.5 Å². The lowest BCUT2D eigenvalue weighted by atomic mass is 10.1. The van der Waals surface area contributed by atoms with E-state index in [1.165, 1.54) is 29.8 Å². The first kappa shape index (κ1) is 13.1. The molecule has 0 aromatic heterocycles. The molecule has 0 radical (unpaired) electrons. The molecule has 3 heteroatoms. The Kier molecular flexibility index (Phi) is 3.61. The monoisotopic (exact) mass is 259 g/mol. The molecule has 104 valence electrons. The number of nitrogens with zero attached hydrogens (tertiary/aromatic N) is 2. The molecule has 2 aliphatic heterocycles. The van der Waals surface area contributed by atoms with Crippen molar-refractivity contribution in [3.63, 3.8) is 0 Å². The van der Waals surface area contributed by atoms with E-state index in [0.29, 0.717) is 6.04 Å². The van der Waals surface area contributed by atoms with Crippen molar-refractivity contribution in [1.82, 2.24) is 15.1 Å². The van der Waals surface area contributed by atoms with E-state index in [1.54, 1.807) is 0 Å². The van der Waals surface area contributed by atoms with Gasteiger partial charge >= 0.3 is 0 Å². The summed E-state index contributed by atoms with van der Waals surface area (Å²) in [6.45, 7) is 7.97. The van der Waals surface area contributed by atoms with Crippen LogP contribution in [0, 0.1) is 5.92 Å². The zero-order chi connectivity index (χ0) is 13.4. The molecule has 0 amide bonds. The summed E-state index contributed by atoms with van der Waals surface area (Å²) in [5.41, 5.74) is 4.44. The Morgan fingerprint density at radius 3 is 2.74 bits per heavy atom. The molecular weight excluding hydrogens is 234 g/mol. The average molecular weight is 259 g/mol. The standard InChI is InChI=1S/C16H25N3/c1-12-9-19(11-16(12)18(2)3)10-13-4-5-14-7-17-8-15(14)6-13/h4-6,12,16-17H,7-11H2,1-3H3. The van der Waals surface area contributed by atoms with E-state index in [9.17, 15) is 0 Å². The predicted molar refractivity (Wildman–Crippen MR) is 78.9 cm³/mol. The summed E-state index contributed by atoms with van der Waals surface area (Å²) in [5, 5.41) is 3.42. The van der Waals surface area contributed by atoms with Crippen LogP contribution in [-0.4, -0.2) is 43.0 Å². The van der Waals surface area contributed by atoms with Crippen LogP contribution in [-0.2, 0) is 19.6 Å². The van der Waals surface area contributed by atoms with Gasteiger partial charge in [0, 0.05) is 38.8 Å². The highest BCUT2D eigenvalue weighted by atomic mass is 15.2. The van der Waals surface area contributed by atoms with Gasteiger partial charge in [-0.05, 0) is 36.7 Å². The van der Waals surface area contributed by atoms with Gasteiger partial charge in [-0.15, -0.1) is 0 Å². The first-order valence-corrected chi connectivity index (χ1v) is 7.33. The van der Waals surface area contributed by atoms with Gasteiger partial charge in [0.05, 0.1) is 0 Å². The zero-order valence-corrected chi connectivity index (χ0v) is 12.3. The molecule has 1 aromatic carbocycles. The third-order valence-corrected chi connectivity index (χ3v) is 4.62. The fourth-order valence-corrected chi connectivity index (χ4v) is 3.55. The van der Waals surface area contributed by atoms with Crippen molar-refractivity contribution in [2.75, 3.05) is 27.2 Å². The Hall–Kier alpha value is -0.900. The summed E-state index contributed by atoms with van der Waals surface area (Å²) in [4.78, 5) is 4.97. The second-order valence-electron chi connectivity index (χ2n) is 6.41. The Morgan fingerprint density at radius 2 is 2.00 bits per heavy atom. The van der Waals surface area contributed by atoms with Crippen molar-refractivity contribution in [3.05, 3.63) is 34.9 Å². The van der Waals surface area contributed by atoms with Gasteiger partial charge in [0.2, 0.25) is 0 Å². The van der Waals surface area contributed by atoms with Crippen LogP contribution in [0.25, 0.3) is 0 Å². The number of rotatable bonds is 3. The van der Waals surface area contributed by atoms with Crippen LogP contribution in [0.5, 0.6) is 0 Å². The number of fused-ring (bicyclic) bond motifs is 1. The van der Waals surface area contributed by atoms with Crippen LogP contribution >= 0.6 is 0 Å². The highest BCUT2D eigenvalue weighted by molar-refractivity contribution is 5.34. The number of likely N-dealkylation sites (N-methyl/N-ethyl adjacent to an activating group) is 1. The fourth-order valence-electron chi connectivity index (χ4n) is 3.55. The molecule has 1 N–H and O–H groups in total. The second-order valence-corrected chi connectivity index (χ2v) is 6.41. The number of hydrogen-bond donors (Lipinski definition) is 1. The highest BCUT2D eigenvalue weighted by Crippen LogP contribution is 2.23. The number of likely N-dealkylation sites (tertiary alicyclic amines) is 1. The van der Waals surface area contributed by atoms with Gasteiger partial charge in [0.25, 0.3) is 0 Å². The summed E-state index contributed by atoms with van der Waals surface area (Å²) < 4.78 is 0. The Balaban J connectivity index is 1.66. The van der Waals surface area contributed by atoms with Gasteiger partial charge in [0.15, 0.2) is 0 Å². The minimum Gasteiger partial charge on any atom is -0.309 e. The van der Waals surface area contributed by atoms with Gasteiger partial charge in [-0.25, -0.2) is 0 Å². The fraction of sp³-hybridized carbons (Fsp3) is 0.625. The summed E-state index contributed by atoms with van der Waals surface area (Å²) in [6, 6.07) is 7.70. The summed E-state index contributed by atoms with van der Waals surface area (Å²) in [7, 11) is 4.40. The van der Waals surface area contributed by atoms with Crippen LogP contribution in [0.1, 0.15) is 23.6 Å². The highest BCUT2D eigenvalue weighted by Gasteiger charge is 2.30. The van der Waals surface area contributed by atoms with Gasteiger partial charge in [-0.1, -0.05) is 25.1 Å². The quantitative estimate of drug-likeness (QED) is 0.891. The molecule has 1 saturated heterocycles. The van der Waals surface area contributed by atoms with Gasteiger partial charge in [-0.2, -0.15) is 0 Å². The Morgan fingerprint density at radius 1 is 1.21 bits per heavy atom. The predicted octanol–water partition coefficient (Wildman–Crippen LogP) is 1.67. The van der Waals surface area contributed by atoms with Crippen molar-refractivity contribution < 1.29 is 0 Å². The van der Waals surface area contributed by atoms with Crippen molar-refractivity contribution in [3.8, 4) is 0 Å². The van der Waals surface area contributed by atoms with Crippen LogP contribution in [0.15, 0.2) is 18.2 Å². The third-order valence-electron chi connectivity index (χ3n) is 4.62. The van der Waals surface area contributed by atoms with E-state index in [0.717, 1.165) is 25.6 Å². The SMILES string of the molecule is CC1CN(Cc2ccc3c(c2)CNC3)CC1N(C)C. The molecular formula is C16H25N3. The molecule has 2 atom stereocenters. The van der Waals surface area contributed by atoms with Gasteiger partial charge in [-0.3, -0.25) is 4.90 Å². The van der Waals surface area contributed by atoms with Crippen molar-refractivity contribution >= 4 is 0 Å². The Labute approximate surface area is 116 Å². The van der Waals surface area contributed by atoms with E-state index < -0.39 is 0 Å². The van der Waals surface area contributed by atoms with E-state index in [2.05, 4.69) is 54.3 Å². The molecule has 0 aliphatic carbocycles. The van der Waals surface area contributed by atoms with Gasteiger partial charge in [0.1, 0.15) is 0 Å². The normalized spacial score (nSPS) is 27.2. The smallest absolute Gasteiger partial charge is 0.0254 e. The molecule has 19 heavy (non-hydrogen) atoms. The van der Waals surface area contributed by atoms with Crippen LogP contribution in [0.3, 0.4) is 0 Å². The van der Waals surface area contributed by atoms with E-state index in [1.807, 2.05) is 0 Å². The maximum absolute atomic E-state index is 3.42. The molecule has 1 fully saturated rings. The zero-order valence-electron chi connectivity index (χ0n) is 12.3. The molecule has 0 bridgehead atoms. The largest absolute Gasteiger partial charge is 0.309 e. The molecule has 0 saturated carbocycles. The van der Waals surface area contributed by atoms with E-state index in [4.69, 9.17) is 0 Å². The minimum atomic E-state index is 0.705. The average Bonchev–Trinajstić information content (AvgIpc) is 2.95. The van der Waals surface area contributed by atoms with E-state index >= 15 is 0 Å². The molecule has 2 heterocycles. The molecule has 1 aromatic rings. The Bertz CT molecular complexity index is 455. The van der Waals surface area contributed by atoms with Crippen LogP contribution in [0.2, 0.25) is 0 Å². The summed E-state index contributed by atoms with van der Waals surface area (Å²) >= 11 is 0. The number of nitrogens with one attached hydrogen (secondary N) is 1. The van der Waals surface area contributed by atoms with Crippen LogP contribution < -0.4 is 5.32 Å². The lowest BCUT2D eigenvalue weighted by Gasteiger charge is -2.22. The van der Waals surface area contributed by atoms with Crippen molar-refractivity contribution in [2.24, 2.45) is 5.92 Å². The molecule has 3 nitrogen and oxygen atoms in total. The maximum atomic E-state index is 3.42. The number of benzene rings is 1. The maximum Gasteiger partial charge on any atom is 0.0254 e. The van der Waals surface area contributed by atoms with Crippen molar-refractivity contribution in [1.29, 1.82) is 0 Å². The summed E-state index contributed by atoms with van der Waals surface area (Å²) in [5.74, 6) is 0.770. The molecule has 3 rings (SSSR count). The first-order chi connectivity index (χ1) is 9.13. The summed E-state index contributed by atoms with van der Waals surface area (Å²) in [6.07, 6.45) is 0. The van der Waals surface area contributed by atoms with Gasteiger partial charge < -0.3 is 10.2 Å². The van der Waals surface area contributed by atoms with E-state index in [-0.39, 0.29) is 0 Å². The molecule has 0 spiro atoms. The molecule has 2 unspecified atom stereocenters. The van der Waals surface area contributed by atoms with Crippen molar-refractivity contribution in [2.45, 2.75) is 32.6 Å². The van der Waals surface area contributed by atoms with Crippen LogP contribution in [0.4, 0.5) is 0 Å². The number of hydrogen-bond acceptors (Lipinski definition) is 3. The first-order valence-electron chi connectivity index (χ1n) is 7.33. The molecule has 2 aliphatic rings.